The Kier molecular flexibility index (Phi) is 9.61. The van der Waals surface area contributed by atoms with E-state index < -0.39 is 11.9 Å². The van der Waals surface area contributed by atoms with E-state index in [9.17, 15) is 9.59 Å². The fourth-order valence-corrected chi connectivity index (χ4v) is 2.07. The number of hydrogen-bond acceptors (Lipinski definition) is 6. The van der Waals surface area contributed by atoms with Crippen LogP contribution >= 0.6 is 0 Å². The van der Waals surface area contributed by atoms with E-state index in [2.05, 4.69) is 0 Å². The fraction of sp³-hybridized carbons (Fsp3) is 0.400. The summed E-state index contributed by atoms with van der Waals surface area (Å²) in [5.74, 6) is -0.699. The predicted octanol–water partition coefficient (Wildman–Crippen LogP) is 3.43. The summed E-state index contributed by atoms with van der Waals surface area (Å²) in [4.78, 5) is 24.0. The minimum atomic E-state index is -0.704. The zero-order valence-electron chi connectivity index (χ0n) is 15.7. The van der Waals surface area contributed by atoms with E-state index in [0.29, 0.717) is 24.5 Å². The monoisotopic (exact) mass is 362 g/mol. The third-order valence-electron chi connectivity index (χ3n) is 3.19. The van der Waals surface area contributed by atoms with E-state index in [0.717, 1.165) is 5.56 Å². The summed E-state index contributed by atoms with van der Waals surface area (Å²) in [6.45, 7) is 8.33. The highest BCUT2D eigenvalue weighted by Gasteiger charge is 2.21. The van der Waals surface area contributed by atoms with Crippen LogP contribution in [0.3, 0.4) is 0 Å². The summed E-state index contributed by atoms with van der Waals surface area (Å²) in [5.41, 5.74) is 1.41. The number of allylic oxidation sites excluding steroid dienone is 1. The van der Waals surface area contributed by atoms with Crippen molar-refractivity contribution in [1.82, 2.24) is 0 Å². The van der Waals surface area contributed by atoms with Crippen molar-refractivity contribution >= 4 is 18.0 Å². The number of benzene rings is 1. The average molecular weight is 362 g/mol. The summed E-state index contributed by atoms with van der Waals surface area (Å²) in [6, 6.07) is 5.36. The van der Waals surface area contributed by atoms with Gasteiger partial charge in [-0.15, -0.1) is 0 Å². The molecule has 0 saturated heterocycles. The maximum Gasteiger partial charge on any atom is 0.345 e. The lowest BCUT2D eigenvalue weighted by atomic mass is 10.1. The van der Waals surface area contributed by atoms with Crippen LogP contribution in [-0.4, -0.2) is 38.4 Å². The second-order valence-electron chi connectivity index (χ2n) is 5.21. The Hall–Kier alpha value is -2.76. The molecule has 6 nitrogen and oxygen atoms in total. The van der Waals surface area contributed by atoms with Gasteiger partial charge in [0.25, 0.3) is 0 Å². The van der Waals surface area contributed by atoms with Crippen LogP contribution in [0.1, 0.15) is 31.9 Å². The predicted molar refractivity (Wildman–Crippen MR) is 98.7 cm³/mol. The summed E-state index contributed by atoms with van der Waals surface area (Å²) >= 11 is 0. The van der Waals surface area contributed by atoms with Crippen LogP contribution in [0.5, 0.6) is 5.75 Å². The Labute approximate surface area is 154 Å². The molecule has 0 radical (unpaired) electrons. The quantitative estimate of drug-likeness (QED) is 0.159. The van der Waals surface area contributed by atoms with Crippen LogP contribution in [0, 0.1) is 6.92 Å². The Bertz CT molecular complexity index is 640. The van der Waals surface area contributed by atoms with Gasteiger partial charge in [-0.25, -0.2) is 9.59 Å². The molecule has 0 aliphatic heterocycles. The molecule has 142 valence electrons. The maximum atomic E-state index is 12.0. The summed E-state index contributed by atoms with van der Waals surface area (Å²) in [7, 11) is 0. The van der Waals surface area contributed by atoms with Crippen LogP contribution in [0.2, 0.25) is 0 Å². The van der Waals surface area contributed by atoms with E-state index in [4.69, 9.17) is 18.9 Å². The number of esters is 2. The lowest BCUT2D eigenvalue weighted by Gasteiger charge is -2.10. The van der Waals surface area contributed by atoms with E-state index in [1.54, 1.807) is 38.3 Å². The van der Waals surface area contributed by atoms with Crippen molar-refractivity contribution in [2.45, 2.75) is 27.7 Å². The van der Waals surface area contributed by atoms with E-state index in [-0.39, 0.29) is 18.8 Å². The molecule has 0 heterocycles. The van der Waals surface area contributed by atoms with Gasteiger partial charge in [-0.05, 0) is 57.0 Å². The first-order chi connectivity index (χ1) is 12.5. The molecule has 1 rings (SSSR count). The molecule has 1 aromatic rings. The molecule has 0 spiro atoms. The molecule has 0 aromatic heterocycles. The van der Waals surface area contributed by atoms with Gasteiger partial charge in [0.2, 0.25) is 0 Å². The molecule has 0 saturated carbocycles. The van der Waals surface area contributed by atoms with Crippen molar-refractivity contribution in [2.24, 2.45) is 0 Å². The summed E-state index contributed by atoms with van der Waals surface area (Å²) < 4.78 is 20.7. The highest BCUT2D eigenvalue weighted by Crippen LogP contribution is 2.21. The molecular formula is C20H26O6. The van der Waals surface area contributed by atoms with Gasteiger partial charge in [-0.1, -0.05) is 12.1 Å². The molecule has 0 atom stereocenters. The Morgan fingerprint density at radius 3 is 2.23 bits per heavy atom. The van der Waals surface area contributed by atoms with Crippen LogP contribution in [0.4, 0.5) is 0 Å². The molecule has 0 unspecified atom stereocenters. The SMILES string of the molecule is C/C=C\OCCOc1ccc(C=C(C(=O)OCC)C(=O)OCC)cc1C. The van der Waals surface area contributed by atoms with Crippen molar-refractivity contribution in [2.75, 3.05) is 26.4 Å². The number of hydrogen-bond donors (Lipinski definition) is 0. The zero-order chi connectivity index (χ0) is 19.4. The molecule has 0 fully saturated rings. The third kappa shape index (κ3) is 7.01. The van der Waals surface area contributed by atoms with E-state index >= 15 is 0 Å². The standard InChI is InChI=1S/C20H26O6/c1-5-10-23-11-12-26-18-9-8-16(13-15(18)4)14-17(19(21)24-6-2)20(22)25-7-3/h5,8-10,13-14H,6-7,11-12H2,1-4H3/b10-5-. The molecule has 0 aliphatic rings. The van der Waals surface area contributed by atoms with Gasteiger partial charge in [-0.3, -0.25) is 0 Å². The van der Waals surface area contributed by atoms with Crippen molar-refractivity contribution in [3.8, 4) is 5.75 Å². The zero-order valence-corrected chi connectivity index (χ0v) is 15.7. The number of carbonyl (C=O) groups excluding carboxylic acids is 2. The minimum absolute atomic E-state index is 0.137. The normalized spacial score (nSPS) is 10.3. The molecule has 1 aromatic carbocycles. The van der Waals surface area contributed by atoms with Gasteiger partial charge in [0.05, 0.1) is 19.5 Å². The molecule has 6 heteroatoms. The molecule has 0 N–H and O–H groups in total. The van der Waals surface area contributed by atoms with Crippen molar-refractivity contribution in [3.63, 3.8) is 0 Å². The van der Waals surface area contributed by atoms with Crippen molar-refractivity contribution in [3.05, 3.63) is 47.2 Å². The van der Waals surface area contributed by atoms with Gasteiger partial charge in [0, 0.05) is 0 Å². The van der Waals surface area contributed by atoms with E-state index in [1.807, 2.05) is 19.9 Å². The van der Waals surface area contributed by atoms with Crippen molar-refractivity contribution < 1.29 is 28.5 Å². The lowest BCUT2D eigenvalue weighted by molar-refractivity contribution is -0.146. The van der Waals surface area contributed by atoms with Gasteiger partial charge in [0.15, 0.2) is 0 Å². The first kappa shape index (κ1) is 21.3. The third-order valence-corrected chi connectivity index (χ3v) is 3.19. The molecule has 0 amide bonds. The largest absolute Gasteiger partial charge is 0.498 e. The Morgan fingerprint density at radius 1 is 1.04 bits per heavy atom. The van der Waals surface area contributed by atoms with Gasteiger partial charge < -0.3 is 18.9 Å². The second kappa shape index (κ2) is 11.7. The summed E-state index contributed by atoms with van der Waals surface area (Å²) in [5, 5.41) is 0. The van der Waals surface area contributed by atoms with Crippen LogP contribution in [0.25, 0.3) is 6.08 Å². The fourth-order valence-electron chi connectivity index (χ4n) is 2.07. The van der Waals surface area contributed by atoms with Crippen LogP contribution in [0.15, 0.2) is 36.1 Å². The highest BCUT2D eigenvalue weighted by molar-refractivity contribution is 6.17. The minimum Gasteiger partial charge on any atom is -0.498 e. The maximum absolute atomic E-state index is 12.0. The van der Waals surface area contributed by atoms with Gasteiger partial charge in [0.1, 0.15) is 24.5 Å². The molecule has 0 bridgehead atoms. The number of ether oxygens (including phenoxy) is 4. The topological polar surface area (TPSA) is 71.1 Å². The Balaban J connectivity index is 2.90. The molecule has 0 aliphatic carbocycles. The van der Waals surface area contributed by atoms with Gasteiger partial charge >= 0.3 is 11.9 Å². The highest BCUT2D eigenvalue weighted by atomic mass is 16.6. The average Bonchev–Trinajstić information content (AvgIpc) is 2.61. The summed E-state index contributed by atoms with van der Waals surface area (Å²) in [6.07, 6.45) is 4.87. The van der Waals surface area contributed by atoms with Crippen LogP contribution < -0.4 is 4.74 Å². The second-order valence-corrected chi connectivity index (χ2v) is 5.21. The molecular weight excluding hydrogens is 336 g/mol. The van der Waals surface area contributed by atoms with E-state index in [1.165, 1.54) is 6.08 Å². The van der Waals surface area contributed by atoms with Crippen molar-refractivity contribution in [1.29, 1.82) is 0 Å². The number of rotatable bonds is 10. The smallest absolute Gasteiger partial charge is 0.345 e. The molecule has 26 heavy (non-hydrogen) atoms. The van der Waals surface area contributed by atoms with Crippen LogP contribution in [-0.2, 0) is 23.8 Å². The number of aryl methyl sites for hydroxylation is 1. The van der Waals surface area contributed by atoms with Gasteiger partial charge in [-0.2, -0.15) is 0 Å². The lowest BCUT2D eigenvalue weighted by Crippen LogP contribution is -2.18. The Morgan fingerprint density at radius 2 is 1.69 bits per heavy atom. The first-order valence-corrected chi connectivity index (χ1v) is 8.55. The number of carbonyl (C=O) groups is 2. The first-order valence-electron chi connectivity index (χ1n) is 8.55.